The normalized spacial score (nSPS) is 18.5. The highest BCUT2D eigenvalue weighted by Gasteiger charge is 2.38. The molecule has 0 unspecified atom stereocenters. The number of nitrogens with zero attached hydrogens (tertiary/aromatic N) is 3. The highest BCUT2D eigenvalue weighted by atomic mass is 16.5. The molecule has 0 saturated heterocycles. The second kappa shape index (κ2) is 8.55. The Labute approximate surface area is 186 Å². The number of rotatable bonds is 6. The van der Waals surface area contributed by atoms with Crippen molar-refractivity contribution in [2.24, 2.45) is 10.9 Å². The van der Waals surface area contributed by atoms with Crippen LogP contribution in [0.15, 0.2) is 47.6 Å². The van der Waals surface area contributed by atoms with E-state index in [1.54, 1.807) is 24.4 Å². The molecule has 8 nitrogen and oxygen atoms in total. The van der Waals surface area contributed by atoms with Gasteiger partial charge in [-0.25, -0.2) is 4.98 Å². The lowest BCUT2D eigenvalue weighted by atomic mass is 9.71. The average Bonchev–Trinajstić information content (AvgIpc) is 2.73. The maximum absolute atomic E-state index is 12.8. The van der Waals surface area contributed by atoms with Crippen LogP contribution in [0.5, 0.6) is 5.75 Å². The zero-order chi connectivity index (χ0) is 22.9. The molecule has 1 saturated carbocycles. The van der Waals surface area contributed by atoms with Crippen molar-refractivity contribution in [3.8, 4) is 5.75 Å². The summed E-state index contributed by atoms with van der Waals surface area (Å²) in [5.41, 5.74) is 8.67. The summed E-state index contributed by atoms with van der Waals surface area (Å²) in [5.74, 6) is 0.282. The Morgan fingerprint density at radius 1 is 1.28 bits per heavy atom. The number of methoxy groups -OCH3 is 1. The van der Waals surface area contributed by atoms with Gasteiger partial charge in [0.25, 0.3) is 5.91 Å². The first-order chi connectivity index (χ1) is 15.2. The quantitative estimate of drug-likeness (QED) is 0.404. The van der Waals surface area contributed by atoms with E-state index in [1.165, 1.54) is 13.3 Å². The van der Waals surface area contributed by atoms with Crippen LogP contribution in [0.1, 0.15) is 42.7 Å². The number of anilines is 2. The standard InChI is InChI=1S/C24H27N5O3/c1-24(2,31)15-9-16(10-15)26-12-14-8-20(22(32-3)11-17(14)25)29-23(30)21-13-27-18-6-4-5-7-19(18)28-21/h4-8,11-13,15-16,31H,9-10,25H2,1-3H3,(H,29,30). The first-order valence-electron chi connectivity index (χ1n) is 10.5. The minimum Gasteiger partial charge on any atom is -0.494 e. The fourth-order valence-electron chi connectivity index (χ4n) is 3.72. The van der Waals surface area contributed by atoms with Gasteiger partial charge >= 0.3 is 0 Å². The number of para-hydroxylation sites is 2. The van der Waals surface area contributed by atoms with Crippen molar-refractivity contribution >= 4 is 34.5 Å². The van der Waals surface area contributed by atoms with Crippen molar-refractivity contribution in [1.82, 2.24) is 9.97 Å². The van der Waals surface area contributed by atoms with Crippen LogP contribution in [0.3, 0.4) is 0 Å². The molecular weight excluding hydrogens is 406 g/mol. The Morgan fingerprint density at radius 2 is 2.00 bits per heavy atom. The second-order valence-electron chi connectivity index (χ2n) is 8.63. The molecule has 1 aliphatic carbocycles. The van der Waals surface area contributed by atoms with Gasteiger partial charge in [0.2, 0.25) is 0 Å². The number of ether oxygens (including phenoxy) is 1. The second-order valence-corrected chi connectivity index (χ2v) is 8.63. The SMILES string of the molecule is COc1cc(N)c(C=NC2CC(C(C)(C)O)C2)cc1NC(=O)c1cnc2ccccc2n1. The molecule has 166 valence electrons. The summed E-state index contributed by atoms with van der Waals surface area (Å²) in [7, 11) is 1.51. The topological polar surface area (TPSA) is 123 Å². The number of aromatic nitrogens is 2. The van der Waals surface area contributed by atoms with Crippen LogP contribution in [0.4, 0.5) is 11.4 Å². The Morgan fingerprint density at radius 3 is 2.69 bits per heavy atom. The average molecular weight is 434 g/mol. The number of hydrogen-bond donors (Lipinski definition) is 3. The van der Waals surface area contributed by atoms with Crippen molar-refractivity contribution in [3.05, 3.63) is 53.9 Å². The van der Waals surface area contributed by atoms with Crippen LogP contribution in [-0.2, 0) is 0 Å². The van der Waals surface area contributed by atoms with Crippen LogP contribution in [-0.4, -0.2) is 45.9 Å². The minimum absolute atomic E-state index is 0.152. The highest BCUT2D eigenvalue weighted by molar-refractivity contribution is 6.05. The third kappa shape index (κ3) is 4.55. The number of benzene rings is 2. The van der Waals surface area contributed by atoms with Gasteiger partial charge in [0.05, 0.1) is 41.7 Å². The number of fused-ring (bicyclic) bond motifs is 1. The molecule has 8 heteroatoms. The third-order valence-electron chi connectivity index (χ3n) is 5.87. The molecule has 0 aliphatic heterocycles. The van der Waals surface area contributed by atoms with Crippen LogP contribution < -0.4 is 15.8 Å². The summed E-state index contributed by atoms with van der Waals surface area (Å²) >= 11 is 0. The molecule has 1 amide bonds. The summed E-state index contributed by atoms with van der Waals surface area (Å²) in [4.78, 5) is 26.1. The number of aliphatic hydroxyl groups is 1. The summed E-state index contributed by atoms with van der Waals surface area (Å²) in [6.45, 7) is 3.65. The molecule has 2 aromatic carbocycles. The summed E-state index contributed by atoms with van der Waals surface area (Å²) in [6.07, 6.45) is 4.82. The monoisotopic (exact) mass is 433 g/mol. The zero-order valence-corrected chi connectivity index (χ0v) is 18.4. The predicted octanol–water partition coefficient (Wildman–Crippen LogP) is 3.44. The molecule has 4 rings (SSSR count). The zero-order valence-electron chi connectivity index (χ0n) is 18.4. The van der Waals surface area contributed by atoms with Gasteiger partial charge in [0.1, 0.15) is 11.4 Å². The number of carbonyl (C=O) groups is 1. The van der Waals surface area contributed by atoms with Gasteiger partial charge in [-0.3, -0.25) is 14.8 Å². The van der Waals surface area contributed by atoms with Crippen LogP contribution >= 0.6 is 0 Å². The molecule has 0 spiro atoms. The molecule has 0 radical (unpaired) electrons. The van der Waals surface area contributed by atoms with Crippen LogP contribution in [0.2, 0.25) is 0 Å². The smallest absolute Gasteiger partial charge is 0.275 e. The molecule has 1 aromatic heterocycles. The number of aliphatic imine (C=N–C) groups is 1. The minimum atomic E-state index is -0.686. The Hall–Kier alpha value is -3.52. The lowest BCUT2D eigenvalue weighted by molar-refractivity contribution is -0.0254. The van der Waals surface area contributed by atoms with E-state index < -0.39 is 11.5 Å². The first-order valence-corrected chi connectivity index (χ1v) is 10.5. The molecule has 1 heterocycles. The van der Waals surface area contributed by atoms with Crippen molar-refractivity contribution in [3.63, 3.8) is 0 Å². The van der Waals surface area contributed by atoms with Crippen molar-refractivity contribution in [2.45, 2.75) is 38.3 Å². The van der Waals surface area contributed by atoms with E-state index in [0.717, 1.165) is 18.4 Å². The lowest BCUT2D eigenvalue weighted by Crippen LogP contribution is -2.42. The third-order valence-corrected chi connectivity index (χ3v) is 5.87. The van der Waals surface area contributed by atoms with Crippen molar-refractivity contribution in [2.75, 3.05) is 18.2 Å². The van der Waals surface area contributed by atoms with Gasteiger partial charge in [-0.05, 0) is 50.8 Å². The van der Waals surface area contributed by atoms with E-state index in [1.807, 2.05) is 32.0 Å². The Balaban J connectivity index is 1.52. The lowest BCUT2D eigenvalue weighted by Gasteiger charge is -2.40. The van der Waals surface area contributed by atoms with E-state index in [-0.39, 0.29) is 17.7 Å². The fraction of sp³-hybridized carbons (Fsp3) is 0.333. The maximum Gasteiger partial charge on any atom is 0.275 e. The molecule has 32 heavy (non-hydrogen) atoms. The van der Waals surface area contributed by atoms with E-state index in [2.05, 4.69) is 20.3 Å². The number of nitrogens with two attached hydrogens (primary N) is 1. The van der Waals surface area contributed by atoms with Crippen LogP contribution in [0, 0.1) is 5.92 Å². The van der Waals surface area contributed by atoms with Gasteiger partial charge in [0, 0.05) is 23.5 Å². The van der Waals surface area contributed by atoms with E-state index in [0.29, 0.717) is 28.2 Å². The van der Waals surface area contributed by atoms with Gasteiger partial charge in [0.15, 0.2) is 0 Å². The molecule has 1 fully saturated rings. The Kier molecular flexibility index (Phi) is 5.80. The molecule has 3 aromatic rings. The van der Waals surface area contributed by atoms with E-state index in [4.69, 9.17) is 10.5 Å². The number of nitrogens with one attached hydrogen (secondary N) is 1. The van der Waals surface area contributed by atoms with Gasteiger partial charge in [-0.1, -0.05) is 12.1 Å². The molecular formula is C24H27N5O3. The summed E-state index contributed by atoms with van der Waals surface area (Å²) in [6, 6.07) is 10.9. The number of hydrogen-bond acceptors (Lipinski definition) is 7. The predicted molar refractivity (Wildman–Crippen MR) is 125 cm³/mol. The van der Waals surface area contributed by atoms with Gasteiger partial charge < -0.3 is 20.9 Å². The van der Waals surface area contributed by atoms with Gasteiger partial charge in [-0.15, -0.1) is 0 Å². The van der Waals surface area contributed by atoms with Crippen molar-refractivity contribution in [1.29, 1.82) is 0 Å². The molecule has 0 bridgehead atoms. The summed E-state index contributed by atoms with van der Waals surface area (Å²) in [5, 5.41) is 12.9. The van der Waals surface area contributed by atoms with Crippen molar-refractivity contribution < 1.29 is 14.6 Å². The molecule has 4 N–H and O–H groups in total. The fourth-order valence-corrected chi connectivity index (χ4v) is 3.72. The maximum atomic E-state index is 12.8. The first kappa shape index (κ1) is 21.7. The molecule has 0 atom stereocenters. The number of carbonyl (C=O) groups excluding carboxylic acids is 1. The Bertz CT molecular complexity index is 1180. The molecule has 1 aliphatic rings. The van der Waals surface area contributed by atoms with E-state index >= 15 is 0 Å². The number of nitrogen functional groups attached to an aromatic ring is 1. The largest absolute Gasteiger partial charge is 0.494 e. The van der Waals surface area contributed by atoms with E-state index in [9.17, 15) is 9.90 Å². The van der Waals surface area contributed by atoms with Gasteiger partial charge in [-0.2, -0.15) is 0 Å². The summed E-state index contributed by atoms with van der Waals surface area (Å²) < 4.78 is 5.39. The van der Waals surface area contributed by atoms with Crippen LogP contribution in [0.25, 0.3) is 11.0 Å². The highest BCUT2D eigenvalue weighted by Crippen LogP contribution is 2.38. The number of amides is 1.